The van der Waals surface area contributed by atoms with Gasteiger partial charge >= 0.3 is 12.1 Å². The molecule has 136 valence electrons. The molecule has 2 aliphatic heterocycles. The molecule has 0 unspecified atom stereocenters. The molecule has 2 aliphatic rings. The largest absolute Gasteiger partial charge is 0.481 e. The van der Waals surface area contributed by atoms with Gasteiger partial charge in [0.1, 0.15) is 6.61 Å². The Labute approximate surface area is 147 Å². The van der Waals surface area contributed by atoms with Crippen LogP contribution in [0.1, 0.15) is 12.0 Å². The predicted octanol–water partition coefficient (Wildman–Crippen LogP) is 1.43. The molecular weight excluding hydrogens is 324 g/mol. The van der Waals surface area contributed by atoms with Crippen molar-refractivity contribution < 1.29 is 24.2 Å². The number of nitrogens with zero attached hydrogens (tertiary/aromatic N) is 2. The number of carbonyl (C=O) groups is 2. The van der Waals surface area contributed by atoms with Crippen LogP contribution in [0.2, 0.25) is 0 Å². The van der Waals surface area contributed by atoms with Crippen LogP contribution < -0.4 is 0 Å². The SMILES string of the molecule is O=C(O)[C@@H]1C[C@@H](N2CCOCC2)CN(C(=O)OCc2ccccc2)C1. The molecule has 2 atom stereocenters. The summed E-state index contributed by atoms with van der Waals surface area (Å²) in [5, 5.41) is 9.44. The molecule has 1 amide bonds. The number of benzene rings is 1. The summed E-state index contributed by atoms with van der Waals surface area (Å²) in [7, 11) is 0. The maximum absolute atomic E-state index is 12.4. The lowest BCUT2D eigenvalue weighted by molar-refractivity contribution is -0.144. The van der Waals surface area contributed by atoms with Gasteiger partial charge in [0.2, 0.25) is 0 Å². The molecule has 0 saturated carbocycles. The van der Waals surface area contributed by atoms with E-state index in [0.717, 1.165) is 18.7 Å². The minimum Gasteiger partial charge on any atom is -0.481 e. The van der Waals surface area contributed by atoms with E-state index < -0.39 is 18.0 Å². The first-order valence-electron chi connectivity index (χ1n) is 8.63. The third kappa shape index (κ3) is 4.70. The zero-order valence-corrected chi connectivity index (χ0v) is 14.2. The highest BCUT2D eigenvalue weighted by atomic mass is 16.6. The van der Waals surface area contributed by atoms with Gasteiger partial charge in [-0.05, 0) is 12.0 Å². The number of piperidine rings is 1. The quantitative estimate of drug-likeness (QED) is 0.887. The topological polar surface area (TPSA) is 79.3 Å². The summed E-state index contributed by atoms with van der Waals surface area (Å²) in [5.41, 5.74) is 0.910. The fourth-order valence-corrected chi connectivity index (χ4v) is 3.42. The van der Waals surface area contributed by atoms with Gasteiger partial charge < -0.3 is 19.5 Å². The second kappa shape index (κ2) is 8.31. The molecule has 2 heterocycles. The van der Waals surface area contributed by atoms with Crippen molar-refractivity contribution in [1.29, 1.82) is 0 Å². The molecule has 1 aromatic carbocycles. The first kappa shape index (κ1) is 17.7. The molecule has 2 saturated heterocycles. The molecule has 0 radical (unpaired) electrons. The van der Waals surface area contributed by atoms with Crippen molar-refractivity contribution in [2.75, 3.05) is 39.4 Å². The number of carboxylic acids is 1. The van der Waals surface area contributed by atoms with Gasteiger partial charge in [-0.15, -0.1) is 0 Å². The van der Waals surface area contributed by atoms with Crippen LogP contribution >= 0.6 is 0 Å². The van der Waals surface area contributed by atoms with E-state index in [4.69, 9.17) is 9.47 Å². The van der Waals surface area contributed by atoms with Crippen molar-refractivity contribution in [3.63, 3.8) is 0 Å². The second-order valence-corrected chi connectivity index (χ2v) is 6.52. The van der Waals surface area contributed by atoms with E-state index in [1.807, 2.05) is 30.3 Å². The Balaban J connectivity index is 1.61. The van der Waals surface area contributed by atoms with Crippen molar-refractivity contribution in [1.82, 2.24) is 9.80 Å². The number of carboxylic acid groups (broad SMARTS) is 1. The number of carbonyl (C=O) groups excluding carboxylic acids is 1. The molecule has 0 spiro atoms. The average molecular weight is 348 g/mol. The van der Waals surface area contributed by atoms with Crippen LogP contribution in [0.15, 0.2) is 30.3 Å². The molecule has 25 heavy (non-hydrogen) atoms. The van der Waals surface area contributed by atoms with E-state index in [2.05, 4.69) is 4.90 Å². The maximum Gasteiger partial charge on any atom is 0.410 e. The molecule has 0 aliphatic carbocycles. The van der Waals surface area contributed by atoms with Crippen LogP contribution in [-0.2, 0) is 20.9 Å². The maximum atomic E-state index is 12.4. The summed E-state index contributed by atoms with van der Waals surface area (Å²) >= 11 is 0. The van der Waals surface area contributed by atoms with Crippen molar-refractivity contribution in [3.05, 3.63) is 35.9 Å². The van der Waals surface area contributed by atoms with Gasteiger partial charge in [-0.1, -0.05) is 30.3 Å². The molecule has 1 aromatic rings. The van der Waals surface area contributed by atoms with Gasteiger partial charge in [0, 0.05) is 32.2 Å². The molecule has 7 nitrogen and oxygen atoms in total. The van der Waals surface area contributed by atoms with E-state index in [-0.39, 0.29) is 19.2 Å². The molecule has 0 aromatic heterocycles. The van der Waals surface area contributed by atoms with Crippen LogP contribution in [0.4, 0.5) is 4.79 Å². The van der Waals surface area contributed by atoms with Gasteiger partial charge in [0.15, 0.2) is 0 Å². The fraction of sp³-hybridized carbons (Fsp3) is 0.556. The molecule has 3 rings (SSSR count). The third-order valence-corrected chi connectivity index (χ3v) is 4.80. The Kier molecular flexibility index (Phi) is 5.88. The van der Waals surface area contributed by atoms with Crippen LogP contribution in [0, 0.1) is 5.92 Å². The van der Waals surface area contributed by atoms with Crippen molar-refractivity contribution >= 4 is 12.1 Å². The lowest BCUT2D eigenvalue weighted by Crippen LogP contribution is -2.56. The molecule has 1 N–H and O–H groups in total. The van der Waals surface area contributed by atoms with Gasteiger partial charge in [0.05, 0.1) is 19.1 Å². The van der Waals surface area contributed by atoms with E-state index in [1.54, 1.807) is 0 Å². The first-order valence-corrected chi connectivity index (χ1v) is 8.63. The lowest BCUT2D eigenvalue weighted by Gasteiger charge is -2.42. The van der Waals surface area contributed by atoms with Crippen molar-refractivity contribution in [2.45, 2.75) is 19.1 Å². The second-order valence-electron chi connectivity index (χ2n) is 6.52. The highest BCUT2D eigenvalue weighted by Gasteiger charge is 2.37. The van der Waals surface area contributed by atoms with Crippen LogP contribution in [-0.4, -0.2) is 72.4 Å². The summed E-state index contributed by atoms with van der Waals surface area (Å²) in [5.74, 6) is -1.43. The Morgan fingerprint density at radius 3 is 2.56 bits per heavy atom. The van der Waals surface area contributed by atoms with Crippen molar-refractivity contribution in [2.24, 2.45) is 5.92 Å². The summed E-state index contributed by atoms with van der Waals surface area (Å²) < 4.78 is 10.7. The van der Waals surface area contributed by atoms with E-state index in [1.165, 1.54) is 4.90 Å². The number of likely N-dealkylation sites (tertiary alicyclic amines) is 1. The lowest BCUT2D eigenvalue weighted by atomic mass is 9.93. The number of aliphatic carboxylic acids is 1. The smallest absolute Gasteiger partial charge is 0.410 e. The summed E-state index contributed by atoms with van der Waals surface area (Å²) in [4.78, 5) is 27.7. The number of rotatable bonds is 4. The summed E-state index contributed by atoms with van der Waals surface area (Å²) in [6.45, 7) is 3.71. The van der Waals surface area contributed by atoms with Crippen LogP contribution in [0.5, 0.6) is 0 Å². The summed E-state index contributed by atoms with van der Waals surface area (Å²) in [6, 6.07) is 9.49. The summed E-state index contributed by atoms with van der Waals surface area (Å²) in [6.07, 6.45) is 0.103. The predicted molar refractivity (Wildman–Crippen MR) is 90.1 cm³/mol. The Hall–Kier alpha value is -2.12. The van der Waals surface area contributed by atoms with E-state index >= 15 is 0 Å². The monoisotopic (exact) mass is 348 g/mol. The molecule has 2 fully saturated rings. The highest BCUT2D eigenvalue weighted by Crippen LogP contribution is 2.23. The number of ether oxygens (including phenoxy) is 2. The zero-order valence-electron chi connectivity index (χ0n) is 14.2. The average Bonchev–Trinajstić information content (AvgIpc) is 2.67. The van der Waals surface area contributed by atoms with E-state index in [0.29, 0.717) is 26.2 Å². The minimum absolute atomic E-state index is 0.0306. The normalized spacial score (nSPS) is 24.7. The van der Waals surface area contributed by atoms with Gasteiger partial charge in [-0.3, -0.25) is 9.69 Å². The Bertz CT molecular complexity index is 588. The molecule has 0 bridgehead atoms. The molecule has 7 heteroatoms. The number of amides is 1. The van der Waals surface area contributed by atoms with Crippen LogP contribution in [0.3, 0.4) is 0 Å². The minimum atomic E-state index is -0.862. The molecular formula is C18H24N2O5. The third-order valence-electron chi connectivity index (χ3n) is 4.80. The highest BCUT2D eigenvalue weighted by molar-refractivity contribution is 5.73. The van der Waals surface area contributed by atoms with E-state index in [9.17, 15) is 14.7 Å². The number of hydrogen-bond donors (Lipinski definition) is 1. The van der Waals surface area contributed by atoms with Gasteiger partial charge in [-0.2, -0.15) is 0 Å². The first-order chi connectivity index (χ1) is 12.1. The zero-order chi connectivity index (χ0) is 17.6. The fourth-order valence-electron chi connectivity index (χ4n) is 3.42. The van der Waals surface area contributed by atoms with Crippen LogP contribution in [0.25, 0.3) is 0 Å². The number of hydrogen-bond acceptors (Lipinski definition) is 5. The van der Waals surface area contributed by atoms with Gasteiger partial charge in [0.25, 0.3) is 0 Å². The standard InChI is InChI=1S/C18H24N2O5/c21-17(22)15-10-16(19-6-8-24-9-7-19)12-20(11-15)18(23)25-13-14-4-2-1-3-5-14/h1-5,15-16H,6-13H2,(H,21,22)/t15-,16-/m1/s1. The Morgan fingerprint density at radius 1 is 1.16 bits per heavy atom. The van der Waals surface area contributed by atoms with Gasteiger partial charge in [-0.25, -0.2) is 4.79 Å². The number of morpholine rings is 1. The Morgan fingerprint density at radius 2 is 1.88 bits per heavy atom. The van der Waals surface area contributed by atoms with Crippen molar-refractivity contribution in [3.8, 4) is 0 Å².